The molecule has 0 atom stereocenters. The fourth-order valence-electron chi connectivity index (χ4n) is 2.64. The number of rotatable bonds is 7. The maximum atomic E-state index is 13.7. The molecule has 0 unspecified atom stereocenters. The Morgan fingerprint density at radius 3 is 2.52 bits per heavy atom. The number of hydrogen-bond donors (Lipinski definition) is 2. The average Bonchev–Trinajstić information content (AvgIpc) is 2.74. The predicted molar refractivity (Wildman–Crippen MR) is 105 cm³/mol. The number of nitrogens with zero attached hydrogens (tertiary/aromatic N) is 1. The molecule has 0 bridgehead atoms. The minimum Gasteiger partial charge on any atom is -0.493 e. The van der Waals surface area contributed by atoms with E-state index in [4.69, 9.17) is 9.47 Å². The smallest absolute Gasteiger partial charge is 0.257 e. The van der Waals surface area contributed by atoms with Gasteiger partial charge in [0.1, 0.15) is 11.6 Å². The molecule has 1 amide bonds. The largest absolute Gasteiger partial charge is 0.493 e. The first-order valence-corrected chi connectivity index (χ1v) is 8.66. The van der Waals surface area contributed by atoms with Crippen LogP contribution in [0.1, 0.15) is 15.9 Å². The van der Waals surface area contributed by atoms with Crippen LogP contribution in [0.25, 0.3) is 0 Å². The van der Waals surface area contributed by atoms with Gasteiger partial charge in [-0.2, -0.15) is 0 Å². The molecule has 1 heterocycles. The Morgan fingerprint density at radius 2 is 1.79 bits per heavy atom. The molecule has 6 nitrogen and oxygen atoms in total. The van der Waals surface area contributed by atoms with Gasteiger partial charge in [-0.15, -0.1) is 0 Å². The SMILES string of the molecule is COc1ccc(CNc2cncc(C(=O)Nc3ccc(F)cc3F)c2)cc1OC. The maximum Gasteiger partial charge on any atom is 0.257 e. The van der Waals surface area contributed by atoms with Crippen molar-refractivity contribution in [2.45, 2.75) is 6.54 Å². The van der Waals surface area contributed by atoms with Crippen molar-refractivity contribution < 1.29 is 23.0 Å². The quantitative estimate of drug-likeness (QED) is 0.622. The van der Waals surface area contributed by atoms with E-state index in [0.29, 0.717) is 29.8 Å². The minimum atomic E-state index is -0.853. The van der Waals surface area contributed by atoms with Crippen LogP contribution in [0.2, 0.25) is 0 Å². The van der Waals surface area contributed by atoms with Crippen molar-refractivity contribution in [3.63, 3.8) is 0 Å². The Morgan fingerprint density at radius 1 is 1.00 bits per heavy atom. The Balaban J connectivity index is 1.68. The second-order valence-corrected chi connectivity index (χ2v) is 6.08. The van der Waals surface area contributed by atoms with E-state index in [9.17, 15) is 13.6 Å². The highest BCUT2D eigenvalue weighted by molar-refractivity contribution is 6.04. The van der Waals surface area contributed by atoms with Gasteiger partial charge in [0, 0.05) is 25.0 Å². The van der Waals surface area contributed by atoms with Crippen LogP contribution < -0.4 is 20.1 Å². The van der Waals surface area contributed by atoms with Gasteiger partial charge in [0.05, 0.1) is 31.2 Å². The summed E-state index contributed by atoms with van der Waals surface area (Å²) in [6, 6.07) is 10.0. The average molecular weight is 399 g/mol. The molecule has 1 aromatic heterocycles. The molecule has 3 aromatic rings. The number of carbonyl (C=O) groups is 1. The minimum absolute atomic E-state index is 0.111. The van der Waals surface area contributed by atoms with Crippen LogP contribution in [0.3, 0.4) is 0 Å². The monoisotopic (exact) mass is 399 g/mol. The number of nitrogens with one attached hydrogen (secondary N) is 2. The number of ether oxygens (including phenoxy) is 2. The van der Waals surface area contributed by atoms with E-state index in [1.165, 1.54) is 6.20 Å². The molecule has 0 saturated heterocycles. The number of methoxy groups -OCH3 is 2. The first-order valence-electron chi connectivity index (χ1n) is 8.66. The topological polar surface area (TPSA) is 72.5 Å². The van der Waals surface area contributed by atoms with Gasteiger partial charge in [0.2, 0.25) is 0 Å². The van der Waals surface area contributed by atoms with E-state index >= 15 is 0 Å². The van der Waals surface area contributed by atoms with E-state index in [1.807, 2.05) is 12.1 Å². The first-order chi connectivity index (χ1) is 14.0. The summed E-state index contributed by atoms with van der Waals surface area (Å²) < 4.78 is 37.2. The molecule has 0 spiro atoms. The summed E-state index contributed by atoms with van der Waals surface area (Å²) in [6.45, 7) is 0.458. The summed E-state index contributed by atoms with van der Waals surface area (Å²) in [5.74, 6) is -0.890. The molecular weight excluding hydrogens is 380 g/mol. The molecule has 0 aliphatic rings. The van der Waals surface area contributed by atoms with E-state index in [0.717, 1.165) is 17.7 Å². The summed E-state index contributed by atoms with van der Waals surface area (Å²) in [4.78, 5) is 16.4. The molecule has 0 aliphatic carbocycles. The molecule has 8 heteroatoms. The zero-order valence-corrected chi connectivity index (χ0v) is 15.8. The Bertz CT molecular complexity index is 1030. The number of halogens is 2. The molecule has 2 N–H and O–H groups in total. The van der Waals surface area contributed by atoms with Crippen molar-refractivity contribution >= 4 is 17.3 Å². The number of pyridine rings is 1. The standard InChI is InChI=1S/C21H19F2N3O3/c1-28-19-6-3-13(7-20(19)29-2)10-25-16-8-14(11-24-12-16)21(27)26-18-5-4-15(22)9-17(18)23/h3-9,11-12,25H,10H2,1-2H3,(H,26,27). The highest BCUT2D eigenvalue weighted by atomic mass is 19.1. The van der Waals surface area contributed by atoms with Crippen LogP contribution in [0, 0.1) is 11.6 Å². The lowest BCUT2D eigenvalue weighted by Crippen LogP contribution is -2.14. The number of benzene rings is 2. The normalized spacial score (nSPS) is 10.3. The van der Waals surface area contributed by atoms with Crippen molar-refractivity contribution in [2.24, 2.45) is 0 Å². The molecule has 2 aromatic carbocycles. The zero-order valence-electron chi connectivity index (χ0n) is 15.8. The summed E-state index contributed by atoms with van der Waals surface area (Å²) in [6.07, 6.45) is 2.92. The third-order valence-corrected chi connectivity index (χ3v) is 4.12. The lowest BCUT2D eigenvalue weighted by atomic mass is 10.2. The maximum absolute atomic E-state index is 13.7. The van der Waals surface area contributed by atoms with Gasteiger partial charge in [-0.05, 0) is 35.9 Å². The second-order valence-electron chi connectivity index (χ2n) is 6.08. The van der Waals surface area contributed by atoms with Gasteiger partial charge in [-0.3, -0.25) is 9.78 Å². The number of hydrogen-bond acceptors (Lipinski definition) is 5. The fraction of sp³-hybridized carbons (Fsp3) is 0.143. The molecular formula is C21H19F2N3O3. The van der Waals surface area contributed by atoms with E-state index in [1.54, 1.807) is 32.5 Å². The second kappa shape index (κ2) is 9.01. The van der Waals surface area contributed by atoms with Crippen LogP contribution in [0.4, 0.5) is 20.2 Å². The molecule has 29 heavy (non-hydrogen) atoms. The summed E-state index contributed by atoms with van der Waals surface area (Å²) >= 11 is 0. The van der Waals surface area contributed by atoms with E-state index in [2.05, 4.69) is 15.6 Å². The number of aromatic nitrogens is 1. The first kappa shape index (κ1) is 20.1. The number of anilines is 2. The van der Waals surface area contributed by atoms with Gasteiger partial charge in [-0.1, -0.05) is 6.07 Å². The third-order valence-electron chi connectivity index (χ3n) is 4.12. The van der Waals surface area contributed by atoms with E-state index < -0.39 is 17.5 Å². The van der Waals surface area contributed by atoms with Crippen LogP contribution in [0.15, 0.2) is 54.9 Å². The van der Waals surface area contributed by atoms with Gasteiger partial charge in [0.15, 0.2) is 11.5 Å². The van der Waals surface area contributed by atoms with Crippen molar-refractivity contribution in [1.29, 1.82) is 0 Å². The predicted octanol–water partition coefficient (Wildman–Crippen LogP) is 4.24. The fourth-order valence-corrected chi connectivity index (χ4v) is 2.64. The van der Waals surface area contributed by atoms with Crippen molar-refractivity contribution in [3.05, 3.63) is 77.6 Å². The van der Waals surface area contributed by atoms with Crippen LogP contribution >= 0.6 is 0 Å². The molecule has 150 valence electrons. The number of carbonyl (C=O) groups excluding carboxylic acids is 1. The number of amides is 1. The molecule has 0 aliphatic heterocycles. The third kappa shape index (κ3) is 4.98. The highest BCUT2D eigenvalue weighted by Crippen LogP contribution is 2.28. The van der Waals surface area contributed by atoms with Crippen molar-refractivity contribution in [3.8, 4) is 11.5 Å². The van der Waals surface area contributed by atoms with Gasteiger partial charge < -0.3 is 20.1 Å². The van der Waals surface area contributed by atoms with Crippen molar-refractivity contribution in [1.82, 2.24) is 4.98 Å². The Labute approximate surface area is 166 Å². The molecule has 0 radical (unpaired) electrons. The summed E-state index contributed by atoms with van der Waals surface area (Å²) in [5.41, 5.74) is 1.66. The van der Waals surface area contributed by atoms with Crippen LogP contribution in [-0.4, -0.2) is 25.1 Å². The van der Waals surface area contributed by atoms with Crippen LogP contribution in [0.5, 0.6) is 11.5 Å². The zero-order chi connectivity index (χ0) is 20.8. The summed E-state index contributed by atoms with van der Waals surface area (Å²) in [7, 11) is 3.13. The molecule has 0 fully saturated rings. The highest BCUT2D eigenvalue weighted by Gasteiger charge is 2.11. The van der Waals surface area contributed by atoms with Gasteiger partial charge in [0.25, 0.3) is 5.91 Å². The van der Waals surface area contributed by atoms with Crippen LogP contribution in [-0.2, 0) is 6.54 Å². The lowest BCUT2D eigenvalue weighted by molar-refractivity contribution is 0.102. The molecule has 0 saturated carbocycles. The van der Waals surface area contributed by atoms with E-state index in [-0.39, 0.29) is 11.3 Å². The Hall–Kier alpha value is -3.68. The van der Waals surface area contributed by atoms with Crippen molar-refractivity contribution in [2.75, 3.05) is 24.9 Å². The lowest BCUT2D eigenvalue weighted by Gasteiger charge is -2.11. The Kier molecular flexibility index (Phi) is 6.23. The van der Waals surface area contributed by atoms with Gasteiger partial charge >= 0.3 is 0 Å². The summed E-state index contributed by atoms with van der Waals surface area (Å²) in [5, 5.41) is 5.57. The molecule has 3 rings (SSSR count). The van der Waals surface area contributed by atoms with Gasteiger partial charge in [-0.25, -0.2) is 8.78 Å².